The number of hydrogen-bond acceptors (Lipinski definition) is 4. The zero-order valence-electron chi connectivity index (χ0n) is 20.5. The lowest BCUT2D eigenvalue weighted by Crippen LogP contribution is -2.49. The molecular weight excluding hydrogens is 566 g/mol. The van der Waals surface area contributed by atoms with E-state index in [0.29, 0.717) is 0 Å². The van der Waals surface area contributed by atoms with Gasteiger partial charge in [-0.05, 0) is 53.8 Å². The maximum atomic E-state index is 15.4. The molecule has 1 aliphatic heterocycles. The molecule has 0 saturated carbocycles. The Balaban J connectivity index is 2.12. The number of aryl methyl sites for hydroxylation is 1. The van der Waals surface area contributed by atoms with Gasteiger partial charge in [-0.25, -0.2) is 16.8 Å². The second-order valence-electron chi connectivity index (χ2n) is 9.05. The van der Waals surface area contributed by atoms with Crippen LogP contribution < -0.4 is 0 Å². The lowest BCUT2D eigenvalue weighted by atomic mass is 9.99. The predicted molar refractivity (Wildman–Crippen MR) is 136 cm³/mol. The second kappa shape index (κ2) is 8.56. The van der Waals surface area contributed by atoms with E-state index in [2.05, 4.69) is 19.7 Å². The van der Waals surface area contributed by atoms with Crippen molar-refractivity contribution < 1.29 is 43.2 Å². The molecule has 4 nitrogen and oxygen atoms in total. The lowest BCUT2D eigenvalue weighted by Gasteiger charge is -2.26. The largest absolute Gasteiger partial charge is 0.380 e. The minimum absolute atomic E-state index is 0.0306. The molecule has 0 unspecified atom stereocenters. The van der Waals surface area contributed by atoms with E-state index in [9.17, 15) is 25.6 Å². The summed E-state index contributed by atoms with van der Waals surface area (Å²) in [6.45, 7) is 12.2. The van der Waals surface area contributed by atoms with Gasteiger partial charge >= 0.3 is 17.8 Å². The first-order valence-corrected chi connectivity index (χ1v) is 14.1. The van der Waals surface area contributed by atoms with Crippen molar-refractivity contribution in [1.29, 1.82) is 0 Å². The average Bonchev–Trinajstić information content (AvgIpc) is 3.11. The van der Waals surface area contributed by atoms with Crippen molar-refractivity contribution in [2.45, 2.75) is 41.4 Å². The molecule has 2 aromatic carbocycles. The van der Waals surface area contributed by atoms with Crippen LogP contribution in [0.15, 0.2) is 86.9 Å². The van der Waals surface area contributed by atoms with E-state index >= 15 is 17.6 Å². The molecule has 1 aliphatic carbocycles. The molecule has 2 aromatic rings. The third kappa shape index (κ3) is 3.64. The SMILES string of the molecule is C=Cc1ccc(C)c(S(=O)(=O)C(=C)C2=C(C3=C(C)c4ccc(C=C)cc4S3(=O)=O)C(F)(F)C(F)(F)C2(F)F)c1. The summed E-state index contributed by atoms with van der Waals surface area (Å²) in [6, 6.07) is 7.24. The summed E-state index contributed by atoms with van der Waals surface area (Å²) in [6.07, 6.45) is 2.45. The fraction of sp³-hybridized carbons (Fsp3) is 0.185. The third-order valence-electron chi connectivity index (χ3n) is 6.78. The van der Waals surface area contributed by atoms with Crippen LogP contribution >= 0.6 is 0 Å². The lowest BCUT2D eigenvalue weighted by molar-refractivity contribution is -0.263. The Morgan fingerprint density at radius 3 is 1.97 bits per heavy atom. The quantitative estimate of drug-likeness (QED) is 0.342. The van der Waals surface area contributed by atoms with Crippen molar-refractivity contribution in [3.63, 3.8) is 0 Å². The highest BCUT2D eigenvalue weighted by atomic mass is 32.2. The van der Waals surface area contributed by atoms with Gasteiger partial charge in [0.2, 0.25) is 19.7 Å². The molecule has 1 heterocycles. The standard InChI is InChI=1S/C27H20F6O4S2/c1-6-17-9-8-14(3)20(12-17)38(34,35)16(5)22-23(26(30,31)27(32,33)25(22,28)29)24-15(4)19-11-10-18(7-2)13-21(19)39(24,36)37/h6-13H,1-2,5H2,3-4H3. The van der Waals surface area contributed by atoms with Crippen molar-refractivity contribution >= 4 is 37.4 Å². The van der Waals surface area contributed by atoms with E-state index in [1.54, 1.807) is 0 Å². The predicted octanol–water partition coefficient (Wildman–Crippen LogP) is 7.00. The van der Waals surface area contributed by atoms with Crippen LogP contribution in [0.25, 0.3) is 17.7 Å². The molecule has 4 rings (SSSR count). The number of alkyl halides is 6. The van der Waals surface area contributed by atoms with E-state index in [-0.39, 0.29) is 22.3 Å². The van der Waals surface area contributed by atoms with Gasteiger partial charge in [-0.15, -0.1) is 0 Å². The summed E-state index contributed by atoms with van der Waals surface area (Å²) in [7, 11) is -10.3. The maximum Gasteiger partial charge on any atom is 0.380 e. The fourth-order valence-corrected chi connectivity index (χ4v) is 8.23. The molecule has 39 heavy (non-hydrogen) atoms. The molecular formula is C27H20F6O4S2. The highest BCUT2D eigenvalue weighted by Gasteiger charge is 2.82. The first-order valence-electron chi connectivity index (χ1n) is 11.1. The van der Waals surface area contributed by atoms with Crippen LogP contribution in [0, 0.1) is 6.92 Å². The number of allylic oxidation sites excluding steroid dienone is 3. The molecule has 2 aliphatic rings. The van der Waals surface area contributed by atoms with Crippen molar-refractivity contribution in [2.24, 2.45) is 0 Å². The average molecular weight is 587 g/mol. The molecule has 12 heteroatoms. The van der Waals surface area contributed by atoms with Crippen LogP contribution in [0.2, 0.25) is 0 Å². The van der Waals surface area contributed by atoms with Crippen LogP contribution in [-0.4, -0.2) is 34.6 Å². The van der Waals surface area contributed by atoms with Gasteiger partial charge in [0.05, 0.1) is 30.7 Å². The molecule has 0 N–H and O–H groups in total. The zero-order chi connectivity index (χ0) is 29.5. The van der Waals surface area contributed by atoms with Crippen LogP contribution in [0.3, 0.4) is 0 Å². The number of rotatable bonds is 6. The van der Waals surface area contributed by atoms with E-state index in [1.165, 1.54) is 43.3 Å². The fourth-order valence-electron chi connectivity index (χ4n) is 4.65. The van der Waals surface area contributed by atoms with Crippen LogP contribution in [-0.2, 0) is 19.7 Å². The van der Waals surface area contributed by atoms with Gasteiger partial charge < -0.3 is 0 Å². The van der Waals surface area contributed by atoms with Crippen molar-refractivity contribution in [3.8, 4) is 0 Å². The minimum Gasteiger partial charge on any atom is -0.219 e. The van der Waals surface area contributed by atoms with Crippen LogP contribution in [0.4, 0.5) is 26.3 Å². The molecule has 0 spiro atoms. The summed E-state index contributed by atoms with van der Waals surface area (Å²) in [4.78, 5) is -4.58. The van der Waals surface area contributed by atoms with Gasteiger partial charge in [-0.1, -0.05) is 56.2 Å². The van der Waals surface area contributed by atoms with Crippen LogP contribution in [0.5, 0.6) is 0 Å². The topological polar surface area (TPSA) is 68.3 Å². The summed E-state index contributed by atoms with van der Waals surface area (Å²) < 4.78 is 145. The van der Waals surface area contributed by atoms with E-state index in [1.807, 2.05) is 0 Å². The zero-order valence-corrected chi connectivity index (χ0v) is 22.1. The van der Waals surface area contributed by atoms with Gasteiger partial charge in [0.15, 0.2) is 0 Å². The van der Waals surface area contributed by atoms with Crippen LogP contribution in [0.1, 0.15) is 29.2 Å². The molecule has 206 valence electrons. The van der Waals surface area contributed by atoms with Crippen molar-refractivity contribution in [3.05, 3.63) is 99.3 Å². The minimum atomic E-state index is -6.19. The highest BCUT2D eigenvalue weighted by Crippen LogP contribution is 2.65. The van der Waals surface area contributed by atoms with Gasteiger partial charge in [-0.3, -0.25) is 0 Å². The Bertz CT molecular complexity index is 1780. The number of benzene rings is 2. The number of fused-ring (bicyclic) bond motifs is 1. The first kappa shape index (κ1) is 28.6. The normalized spacial score (nSPS) is 20.6. The van der Waals surface area contributed by atoms with E-state index in [0.717, 1.165) is 19.1 Å². The van der Waals surface area contributed by atoms with Gasteiger partial charge in [0.25, 0.3) is 0 Å². The Labute approximate surface area is 221 Å². The molecule has 0 amide bonds. The van der Waals surface area contributed by atoms with Crippen molar-refractivity contribution in [1.82, 2.24) is 0 Å². The Morgan fingerprint density at radius 2 is 1.41 bits per heavy atom. The van der Waals surface area contributed by atoms with Gasteiger partial charge in [-0.2, -0.15) is 26.3 Å². The van der Waals surface area contributed by atoms with Crippen molar-refractivity contribution in [2.75, 3.05) is 0 Å². The smallest absolute Gasteiger partial charge is 0.219 e. The highest BCUT2D eigenvalue weighted by molar-refractivity contribution is 7.96. The van der Waals surface area contributed by atoms with Gasteiger partial charge in [0, 0.05) is 0 Å². The summed E-state index contributed by atoms with van der Waals surface area (Å²) >= 11 is 0. The van der Waals surface area contributed by atoms with E-state index < -0.39 is 73.8 Å². The second-order valence-corrected chi connectivity index (χ2v) is 12.8. The molecule has 0 saturated heterocycles. The Kier molecular flexibility index (Phi) is 6.28. The monoisotopic (exact) mass is 586 g/mol. The number of halogens is 6. The summed E-state index contributed by atoms with van der Waals surface area (Å²) in [5.74, 6) is -17.8. The molecule has 0 fully saturated rings. The molecule has 0 atom stereocenters. The van der Waals surface area contributed by atoms with Gasteiger partial charge in [0.1, 0.15) is 0 Å². The number of sulfone groups is 2. The molecule has 0 aromatic heterocycles. The third-order valence-corrected chi connectivity index (χ3v) is 10.6. The summed E-state index contributed by atoms with van der Waals surface area (Å²) in [5.41, 5.74) is -5.01. The Morgan fingerprint density at radius 1 is 0.872 bits per heavy atom. The molecule has 0 bridgehead atoms. The molecule has 0 radical (unpaired) electrons. The maximum absolute atomic E-state index is 15.4. The van der Waals surface area contributed by atoms with E-state index in [4.69, 9.17) is 0 Å². The Hall–Kier alpha value is -3.38. The number of hydrogen-bond donors (Lipinski definition) is 0. The first-order chi connectivity index (χ1) is 17.8. The summed E-state index contributed by atoms with van der Waals surface area (Å²) in [5, 5.41) is 0.